The number of carbonyl (C=O) groups is 1. The molecule has 1 aromatic carbocycles. The van der Waals surface area contributed by atoms with Crippen molar-refractivity contribution in [1.29, 1.82) is 0 Å². The summed E-state index contributed by atoms with van der Waals surface area (Å²) < 4.78 is 0. The fourth-order valence-electron chi connectivity index (χ4n) is 4.19. The summed E-state index contributed by atoms with van der Waals surface area (Å²) >= 11 is 0. The molecule has 2 N–H and O–H groups in total. The number of rotatable bonds is 5. The second kappa shape index (κ2) is 8.88. The first-order valence-corrected chi connectivity index (χ1v) is 11.0. The molecule has 0 saturated carbocycles. The van der Waals surface area contributed by atoms with Crippen molar-refractivity contribution in [3.63, 3.8) is 0 Å². The molecule has 1 amide bonds. The number of hydrogen-bond donors (Lipinski definition) is 2. The Morgan fingerprint density at radius 1 is 1.12 bits per heavy atom. The van der Waals surface area contributed by atoms with Crippen LogP contribution in [-0.4, -0.2) is 44.1 Å². The van der Waals surface area contributed by atoms with Gasteiger partial charge in [0.25, 0.3) is 5.91 Å². The molecule has 0 spiro atoms. The van der Waals surface area contributed by atoms with Crippen molar-refractivity contribution in [2.45, 2.75) is 26.3 Å². The van der Waals surface area contributed by atoms with Gasteiger partial charge in [0.2, 0.25) is 0 Å². The van der Waals surface area contributed by atoms with Gasteiger partial charge in [-0.1, -0.05) is 19.1 Å². The maximum Gasteiger partial charge on any atom is 0.277 e. The van der Waals surface area contributed by atoms with Gasteiger partial charge < -0.3 is 5.32 Å². The van der Waals surface area contributed by atoms with E-state index in [1.54, 1.807) is 18.3 Å². The number of amides is 1. The van der Waals surface area contributed by atoms with E-state index in [4.69, 9.17) is 0 Å². The average Bonchev–Trinajstić information content (AvgIpc) is 3.25. The van der Waals surface area contributed by atoms with Crippen LogP contribution in [0.3, 0.4) is 0 Å². The Hall–Kier alpha value is -3.58. The molecule has 0 unspecified atom stereocenters. The first kappa shape index (κ1) is 20.3. The number of aromatic amines is 1. The van der Waals surface area contributed by atoms with Gasteiger partial charge in [-0.15, -0.1) is 0 Å². The van der Waals surface area contributed by atoms with Crippen molar-refractivity contribution in [2.24, 2.45) is 5.92 Å². The highest BCUT2D eigenvalue weighted by atomic mass is 16.2. The molecule has 1 aliphatic heterocycles. The predicted octanol–water partition coefficient (Wildman–Crippen LogP) is 4.50. The number of carbonyl (C=O) groups excluding carboxylic acids is 1. The molecule has 3 aromatic heterocycles. The molecule has 0 aliphatic carbocycles. The van der Waals surface area contributed by atoms with E-state index in [0.29, 0.717) is 11.5 Å². The summed E-state index contributed by atoms with van der Waals surface area (Å²) in [6, 6.07) is 13.6. The minimum Gasteiger partial charge on any atom is -0.305 e. The topological polar surface area (TPSA) is 86.8 Å². The fraction of sp³-hybridized carbons (Fsp3) is 0.280. The fourth-order valence-corrected chi connectivity index (χ4v) is 4.19. The van der Waals surface area contributed by atoms with Crippen molar-refractivity contribution in [3.05, 3.63) is 72.3 Å². The molecule has 4 aromatic rings. The average molecular weight is 427 g/mol. The van der Waals surface area contributed by atoms with Crippen molar-refractivity contribution in [3.8, 4) is 11.1 Å². The molecular weight excluding hydrogens is 400 g/mol. The van der Waals surface area contributed by atoms with Crippen LogP contribution in [0, 0.1) is 5.92 Å². The van der Waals surface area contributed by atoms with E-state index in [-0.39, 0.29) is 5.91 Å². The number of hydrogen-bond acceptors (Lipinski definition) is 5. The Bertz CT molecular complexity index is 1230. The summed E-state index contributed by atoms with van der Waals surface area (Å²) in [6.07, 6.45) is 7.97. The van der Waals surface area contributed by atoms with Gasteiger partial charge in [-0.25, -0.2) is 4.98 Å². The zero-order chi connectivity index (χ0) is 21.9. The van der Waals surface area contributed by atoms with Crippen LogP contribution in [0.25, 0.3) is 22.0 Å². The Kier molecular flexibility index (Phi) is 5.64. The second-order valence-corrected chi connectivity index (χ2v) is 8.54. The molecule has 1 fully saturated rings. The van der Waals surface area contributed by atoms with E-state index in [1.165, 1.54) is 18.4 Å². The highest BCUT2D eigenvalue weighted by Gasteiger charge is 2.17. The highest BCUT2D eigenvalue weighted by molar-refractivity contribution is 6.11. The first-order valence-electron chi connectivity index (χ1n) is 11.0. The number of nitrogens with one attached hydrogen (secondary N) is 2. The number of H-pyrrole nitrogens is 1. The zero-order valence-corrected chi connectivity index (χ0v) is 18.1. The van der Waals surface area contributed by atoms with Crippen LogP contribution in [0.4, 0.5) is 5.82 Å². The summed E-state index contributed by atoms with van der Waals surface area (Å²) in [5.74, 6) is 1.02. The Balaban J connectivity index is 1.39. The Morgan fingerprint density at radius 2 is 2.00 bits per heavy atom. The van der Waals surface area contributed by atoms with Crippen LogP contribution in [0.1, 0.15) is 35.8 Å². The number of piperidine rings is 1. The van der Waals surface area contributed by atoms with E-state index in [9.17, 15) is 4.79 Å². The second-order valence-electron chi connectivity index (χ2n) is 8.54. The lowest BCUT2D eigenvalue weighted by Gasteiger charge is -2.30. The third-order valence-electron chi connectivity index (χ3n) is 6.10. The molecule has 0 bridgehead atoms. The lowest BCUT2D eigenvalue weighted by Crippen LogP contribution is -2.32. The quantitative estimate of drug-likeness (QED) is 0.491. The highest BCUT2D eigenvalue weighted by Crippen LogP contribution is 2.27. The normalized spacial score (nSPS) is 15.2. The van der Waals surface area contributed by atoms with Crippen LogP contribution >= 0.6 is 0 Å². The molecule has 162 valence electrons. The van der Waals surface area contributed by atoms with E-state index in [1.807, 2.05) is 36.7 Å². The van der Waals surface area contributed by atoms with Crippen LogP contribution < -0.4 is 5.32 Å². The molecule has 5 rings (SSSR count). The van der Waals surface area contributed by atoms with Crippen molar-refractivity contribution >= 4 is 22.6 Å². The Labute approximate surface area is 186 Å². The number of likely N-dealkylation sites (tertiary alicyclic amines) is 1. The lowest BCUT2D eigenvalue weighted by molar-refractivity contribution is 0.102. The van der Waals surface area contributed by atoms with Gasteiger partial charge >= 0.3 is 0 Å². The van der Waals surface area contributed by atoms with E-state index >= 15 is 0 Å². The number of pyridine rings is 2. The molecule has 7 heteroatoms. The molecule has 7 nitrogen and oxygen atoms in total. The predicted molar refractivity (Wildman–Crippen MR) is 125 cm³/mol. The maximum atomic E-state index is 12.8. The Morgan fingerprint density at radius 3 is 2.81 bits per heavy atom. The molecule has 0 atom stereocenters. The number of nitrogens with zero attached hydrogens (tertiary/aromatic N) is 4. The largest absolute Gasteiger partial charge is 0.305 e. The summed E-state index contributed by atoms with van der Waals surface area (Å²) in [4.78, 5) is 23.9. The summed E-state index contributed by atoms with van der Waals surface area (Å²) in [5.41, 5.74) is 4.41. The minimum atomic E-state index is -0.293. The first-order chi connectivity index (χ1) is 15.7. The van der Waals surface area contributed by atoms with E-state index in [2.05, 4.69) is 43.4 Å². The monoisotopic (exact) mass is 426 g/mol. The van der Waals surface area contributed by atoms with E-state index < -0.39 is 0 Å². The van der Waals surface area contributed by atoms with Crippen molar-refractivity contribution in [1.82, 2.24) is 25.1 Å². The van der Waals surface area contributed by atoms with E-state index in [0.717, 1.165) is 47.6 Å². The lowest BCUT2D eigenvalue weighted by atomic mass is 9.98. The minimum absolute atomic E-state index is 0.293. The summed E-state index contributed by atoms with van der Waals surface area (Å²) in [5, 5.41) is 10.8. The smallest absolute Gasteiger partial charge is 0.277 e. The van der Waals surface area contributed by atoms with Crippen LogP contribution in [0.5, 0.6) is 0 Å². The number of benzene rings is 1. The summed E-state index contributed by atoms with van der Waals surface area (Å²) in [7, 11) is 0. The third-order valence-corrected chi connectivity index (χ3v) is 6.10. The van der Waals surface area contributed by atoms with Gasteiger partial charge in [0, 0.05) is 36.1 Å². The third kappa shape index (κ3) is 4.38. The number of fused-ring (bicyclic) bond motifs is 1. The maximum absolute atomic E-state index is 12.8. The van der Waals surface area contributed by atoms with Gasteiger partial charge in [0.1, 0.15) is 5.82 Å². The standard InChI is InChI=1S/C25H26N6O/c1-17-7-10-31(11-8-17)16-18-12-20(15-26-14-18)19-5-6-22-21(13-19)24(30-29-22)25(32)28-23-4-2-3-9-27-23/h2-6,9,12-15,17H,7-8,10-11,16H2,1H3,(H,29,30)(H,27,28,32). The number of aromatic nitrogens is 4. The van der Waals surface area contributed by atoms with Crippen molar-refractivity contribution < 1.29 is 4.79 Å². The van der Waals surface area contributed by atoms with Gasteiger partial charge in [-0.3, -0.25) is 19.8 Å². The zero-order valence-electron chi connectivity index (χ0n) is 18.1. The summed E-state index contributed by atoms with van der Waals surface area (Å²) in [6.45, 7) is 5.53. The van der Waals surface area contributed by atoms with Gasteiger partial charge in [0.05, 0.1) is 5.52 Å². The molecule has 1 aliphatic rings. The van der Waals surface area contributed by atoms with Crippen LogP contribution in [0.15, 0.2) is 61.1 Å². The molecule has 32 heavy (non-hydrogen) atoms. The molecule has 0 radical (unpaired) electrons. The van der Waals surface area contributed by atoms with Gasteiger partial charge in [0.15, 0.2) is 5.69 Å². The molecule has 4 heterocycles. The van der Waals surface area contributed by atoms with Crippen molar-refractivity contribution in [2.75, 3.05) is 18.4 Å². The van der Waals surface area contributed by atoms with Gasteiger partial charge in [-0.2, -0.15) is 5.10 Å². The molecule has 1 saturated heterocycles. The number of anilines is 1. The SMILES string of the molecule is CC1CCN(Cc2cncc(-c3ccc4[nH]nc(C(=O)Nc5ccccn5)c4c3)c2)CC1. The molecular formula is C25H26N6O. The van der Waals surface area contributed by atoms with Crippen LogP contribution in [0.2, 0.25) is 0 Å². The van der Waals surface area contributed by atoms with Gasteiger partial charge in [-0.05, 0) is 73.3 Å². The van der Waals surface area contributed by atoms with Crippen LogP contribution in [-0.2, 0) is 6.54 Å².